The third-order valence-electron chi connectivity index (χ3n) is 2.02. The zero-order valence-electron chi connectivity index (χ0n) is 9.01. The van der Waals surface area contributed by atoms with Crippen LogP contribution in [0.25, 0.3) is 0 Å². The molecule has 0 amide bonds. The number of hydrogen-bond donors (Lipinski definition) is 1. The van der Waals surface area contributed by atoms with Crippen molar-refractivity contribution in [3.63, 3.8) is 0 Å². The van der Waals surface area contributed by atoms with Crippen molar-refractivity contribution in [3.8, 4) is 0 Å². The molecular weight excluding hydrogens is 178 g/mol. The van der Waals surface area contributed by atoms with Crippen molar-refractivity contribution in [1.29, 1.82) is 0 Å². The smallest absolute Gasteiger partial charge is 0.133 e. The van der Waals surface area contributed by atoms with Gasteiger partial charge >= 0.3 is 0 Å². The molecule has 0 atom stereocenters. The van der Waals surface area contributed by atoms with Crippen LogP contribution in [-0.2, 0) is 17.9 Å². The molecule has 0 aliphatic rings. The van der Waals surface area contributed by atoms with Crippen LogP contribution in [0.4, 0.5) is 0 Å². The highest BCUT2D eigenvalue weighted by Crippen LogP contribution is 2.11. The van der Waals surface area contributed by atoms with Crippen molar-refractivity contribution in [2.24, 2.45) is 0 Å². The van der Waals surface area contributed by atoms with Crippen molar-refractivity contribution in [2.75, 3.05) is 13.2 Å². The predicted octanol–water partition coefficient (Wildman–Crippen LogP) is 2.32. The summed E-state index contributed by atoms with van der Waals surface area (Å²) in [6.45, 7) is 7.35. The van der Waals surface area contributed by atoms with Crippen LogP contribution in [0.1, 0.15) is 31.6 Å². The summed E-state index contributed by atoms with van der Waals surface area (Å²) in [6.07, 6.45) is 2.87. The van der Waals surface area contributed by atoms with Gasteiger partial charge in [0, 0.05) is 18.7 Å². The molecule has 0 aromatic carbocycles. The molecule has 0 aliphatic heterocycles. The SMILES string of the molecule is CCCNCc1ccoc1COCC. The van der Waals surface area contributed by atoms with E-state index in [-0.39, 0.29) is 0 Å². The number of ether oxygens (including phenoxy) is 1. The van der Waals surface area contributed by atoms with Gasteiger partial charge in [0.15, 0.2) is 0 Å². The number of rotatable bonds is 7. The van der Waals surface area contributed by atoms with Gasteiger partial charge in [-0.3, -0.25) is 0 Å². The monoisotopic (exact) mass is 197 g/mol. The zero-order valence-corrected chi connectivity index (χ0v) is 9.01. The Labute approximate surface area is 85.4 Å². The van der Waals surface area contributed by atoms with Gasteiger partial charge < -0.3 is 14.5 Å². The highest BCUT2D eigenvalue weighted by molar-refractivity contribution is 5.15. The Morgan fingerprint density at radius 3 is 3.00 bits per heavy atom. The Kier molecular flexibility index (Phi) is 5.33. The first kappa shape index (κ1) is 11.3. The second kappa shape index (κ2) is 6.62. The summed E-state index contributed by atoms with van der Waals surface area (Å²) in [6, 6.07) is 2.00. The summed E-state index contributed by atoms with van der Waals surface area (Å²) in [4.78, 5) is 0. The molecular formula is C11H19NO2. The lowest BCUT2D eigenvalue weighted by Crippen LogP contribution is -2.14. The number of furan rings is 1. The number of nitrogens with one attached hydrogen (secondary N) is 1. The van der Waals surface area contributed by atoms with Crippen molar-refractivity contribution >= 4 is 0 Å². The molecule has 1 aromatic rings. The molecule has 0 unspecified atom stereocenters. The molecule has 3 heteroatoms. The van der Waals surface area contributed by atoms with Gasteiger partial charge in [0.25, 0.3) is 0 Å². The first-order valence-electron chi connectivity index (χ1n) is 5.22. The zero-order chi connectivity index (χ0) is 10.2. The minimum Gasteiger partial charge on any atom is -0.467 e. The van der Waals surface area contributed by atoms with E-state index >= 15 is 0 Å². The van der Waals surface area contributed by atoms with Gasteiger partial charge in [-0.15, -0.1) is 0 Å². The summed E-state index contributed by atoms with van der Waals surface area (Å²) in [5.41, 5.74) is 1.20. The Bertz CT molecular complexity index is 245. The van der Waals surface area contributed by atoms with Crippen LogP contribution in [0.15, 0.2) is 16.7 Å². The summed E-state index contributed by atoms with van der Waals surface area (Å²) in [5, 5.41) is 3.34. The lowest BCUT2D eigenvalue weighted by atomic mass is 10.2. The summed E-state index contributed by atoms with van der Waals surface area (Å²) >= 11 is 0. The van der Waals surface area contributed by atoms with Gasteiger partial charge in [0.1, 0.15) is 12.4 Å². The largest absolute Gasteiger partial charge is 0.467 e. The average molecular weight is 197 g/mol. The van der Waals surface area contributed by atoms with Crippen LogP contribution in [0.3, 0.4) is 0 Å². The van der Waals surface area contributed by atoms with Crippen molar-refractivity contribution in [2.45, 2.75) is 33.4 Å². The molecule has 0 saturated heterocycles. The lowest BCUT2D eigenvalue weighted by molar-refractivity contribution is 0.117. The van der Waals surface area contributed by atoms with Gasteiger partial charge in [-0.2, -0.15) is 0 Å². The normalized spacial score (nSPS) is 10.7. The molecule has 0 fully saturated rings. The van der Waals surface area contributed by atoms with Crippen molar-refractivity contribution in [3.05, 3.63) is 23.7 Å². The first-order chi connectivity index (χ1) is 6.88. The Hall–Kier alpha value is -0.800. The van der Waals surface area contributed by atoms with E-state index in [2.05, 4.69) is 12.2 Å². The molecule has 0 aliphatic carbocycles. The standard InChI is InChI=1S/C11H19NO2/c1-3-6-12-8-10-5-7-14-11(10)9-13-4-2/h5,7,12H,3-4,6,8-9H2,1-2H3. The molecule has 0 radical (unpaired) electrons. The topological polar surface area (TPSA) is 34.4 Å². The molecule has 1 heterocycles. The maximum absolute atomic E-state index is 5.33. The van der Waals surface area contributed by atoms with E-state index in [1.54, 1.807) is 6.26 Å². The molecule has 0 bridgehead atoms. The Morgan fingerprint density at radius 2 is 2.29 bits per heavy atom. The predicted molar refractivity (Wildman–Crippen MR) is 56.0 cm³/mol. The van der Waals surface area contributed by atoms with Gasteiger partial charge in [0.05, 0.1) is 6.26 Å². The second-order valence-corrected chi connectivity index (χ2v) is 3.18. The molecule has 0 saturated carbocycles. The van der Waals surface area contributed by atoms with Crippen molar-refractivity contribution < 1.29 is 9.15 Å². The maximum Gasteiger partial charge on any atom is 0.133 e. The minimum atomic E-state index is 0.576. The molecule has 1 N–H and O–H groups in total. The van der Waals surface area contributed by atoms with Crippen LogP contribution in [0.2, 0.25) is 0 Å². The van der Waals surface area contributed by atoms with E-state index in [1.807, 2.05) is 13.0 Å². The fourth-order valence-corrected chi connectivity index (χ4v) is 1.25. The molecule has 80 valence electrons. The van der Waals surface area contributed by atoms with E-state index in [1.165, 1.54) is 5.56 Å². The lowest BCUT2D eigenvalue weighted by Gasteiger charge is -2.03. The van der Waals surface area contributed by atoms with E-state index in [0.29, 0.717) is 6.61 Å². The molecule has 1 rings (SSSR count). The van der Waals surface area contributed by atoms with Crippen LogP contribution >= 0.6 is 0 Å². The Morgan fingerprint density at radius 1 is 1.43 bits per heavy atom. The van der Waals surface area contributed by atoms with Gasteiger partial charge in [0.2, 0.25) is 0 Å². The van der Waals surface area contributed by atoms with Crippen molar-refractivity contribution in [1.82, 2.24) is 5.32 Å². The maximum atomic E-state index is 5.33. The highest BCUT2D eigenvalue weighted by atomic mass is 16.5. The average Bonchev–Trinajstić information content (AvgIpc) is 2.63. The van der Waals surface area contributed by atoms with Crippen LogP contribution in [-0.4, -0.2) is 13.2 Å². The molecule has 1 aromatic heterocycles. The highest BCUT2D eigenvalue weighted by Gasteiger charge is 2.04. The van der Waals surface area contributed by atoms with E-state index < -0.39 is 0 Å². The molecule has 3 nitrogen and oxygen atoms in total. The van der Waals surface area contributed by atoms with E-state index in [4.69, 9.17) is 9.15 Å². The van der Waals surface area contributed by atoms with Gasteiger partial charge in [-0.05, 0) is 26.0 Å². The van der Waals surface area contributed by atoms with E-state index in [9.17, 15) is 0 Å². The van der Waals surface area contributed by atoms with Gasteiger partial charge in [-0.1, -0.05) is 6.92 Å². The summed E-state index contributed by atoms with van der Waals surface area (Å²) < 4.78 is 10.6. The molecule has 0 spiro atoms. The third kappa shape index (κ3) is 3.52. The first-order valence-corrected chi connectivity index (χ1v) is 5.22. The van der Waals surface area contributed by atoms with Crippen LogP contribution in [0, 0.1) is 0 Å². The second-order valence-electron chi connectivity index (χ2n) is 3.18. The quantitative estimate of drug-likeness (QED) is 0.681. The van der Waals surface area contributed by atoms with E-state index in [0.717, 1.165) is 31.9 Å². The minimum absolute atomic E-state index is 0.576. The van der Waals surface area contributed by atoms with Crippen LogP contribution in [0.5, 0.6) is 0 Å². The van der Waals surface area contributed by atoms with Gasteiger partial charge in [-0.25, -0.2) is 0 Å². The number of hydrogen-bond acceptors (Lipinski definition) is 3. The summed E-state index contributed by atoms with van der Waals surface area (Å²) in [5.74, 6) is 0.940. The summed E-state index contributed by atoms with van der Waals surface area (Å²) in [7, 11) is 0. The van der Waals surface area contributed by atoms with Crippen LogP contribution < -0.4 is 5.32 Å². The third-order valence-corrected chi connectivity index (χ3v) is 2.02. The molecule has 14 heavy (non-hydrogen) atoms. The Balaban J connectivity index is 2.37. The fourth-order valence-electron chi connectivity index (χ4n) is 1.25. The fraction of sp³-hybridized carbons (Fsp3) is 0.636.